The number of carbonyl (C=O) groups excluding carboxylic acids is 1. The van der Waals surface area contributed by atoms with Crippen LogP contribution in [-0.4, -0.2) is 62.6 Å². The van der Waals surface area contributed by atoms with Gasteiger partial charge in [0.15, 0.2) is 9.84 Å². The first-order chi connectivity index (χ1) is 8.35. The predicted molar refractivity (Wildman–Crippen MR) is 68.9 cm³/mol. The molecule has 1 aliphatic rings. The minimum Gasteiger partial charge on any atom is -0.465 e. The molecule has 0 aromatic carbocycles. The number of hydrogen-bond acceptors (Lipinski definition) is 6. The van der Waals surface area contributed by atoms with Crippen molar-refractivity contribution in [3.63, 3.8) is 0 Å². The molecule has 0 saturated carbocycles. The van der Waals surface area contributed by atoms with Gasteiger partial charge in [0.25, 0.3) is 0 Å². The molecule has 2 N–H and O–H groups in total. The fraction of sp³-hybridized carbons (Fsp3) is 0.909. The van der Waals surface area contributed by atoms with Crippen molar-refractivity contribution >= 4 is 15.8 Å². The average molecular weight is 278 g/mol. The normalized spacial score (nSPS) is 25.6. The highest BCUT2D eigenvalue weighted by Crippen LogP contribution is 2.12. The predicted octanol–water partition coefficient (Wildman–Crippen LogP) is -0.614. The maximum Gasteiger partial charge on any atom is 0.322 e. The number of rotatable bonds is 5. The van der Waals surface area contributed by atoms with Gasteiger partial charge in [-0.1, -0.05) is 0 Å². The van der Waals surface area contributed by atoms with E-state index < -0.39 is 21.8 Å². The van der Waals surface area contributed by atoms with E-state index >= 15 is 0 Å². The van der Waals surface area contributed by atoms with Crippen LogP contribution in [0.1, 0.15) is 20.3 Å². The highest BCUT2D eigenvalue weighted by atomic mass is 32.2. The molecule has 106 valence electrons. The zero-order valence-corrected chi connectivity index (χ0v) is 11.8. The van der Waals surface area contributed by atoms with E-state index in [1.165, 1.54) is 0 Å². The summed E-state index contributed by atoms with van der Waals surface area (Å²) in [5.74, 6) is -0.0250. The highest BCUT2D eigenvalue weighted by molar-refractivity contribution is 7.91. The Morgan fingerprint density at radius 1 is 1.56 bits per heavy atom. The molecule has 0 amide bonds. The molecule has 1 heterocycles. The van der Waals surface area contributed by atoms with Crippen molar-refractivity contribution < 1.29 is 17.9 Å². The molecule has 6 nitrogen and oxygen atoms in total. The molecule has 7 heteroatoms. The van der Waals surface area contributed by atoms with E-state index in [9.17, 15) is 13.2 Å². The largest absolute Gasteiger partial charge is 0.465 e. The number of nitrogens with two attached hydrogens (primary N) is 1. The fourth-order valence-electron chi connectivity index (χ4n) is 2.04. The first-order valence-electron chi connectivity index (χ1n) is 6.22. The number of sulfone groups is 1. The molecule has 1 rings (SSSR count). The summed E-state index contributed by atoms with van der Waals surface area (Å²) in [6, 6.07) is -0.645. The van der Waals surface area contributed by atoms with E-state index in [2.05, 4.69) is 4.90 Å². The van der Waals surface area contributed by atoms with Gasteiger partial charge >= 0.3 is 5.97 Å². The van der Waals surface area contributed by atoms with Gasteiger partial charge in [-0.2, -0.15) is 0 Å². The van der Waals surface area contributed by atoms with Gasteiger partial charge in [-0.15, -0.1) is 0 Å². The maximum atomic E-state index is 11.4. The molecule has 0 aromatic heterocycles. The van der Waals surface area contributed by atoms with Crippen molar-refractivity contribution in [1.29, 1.82) is 0 Å². The van der Waals surface area contributed by atoms with Gasteiger partial charge in [-0.3, -0.25) is 9.69 Å². The zero-order chi connectivity index (χ0) is 13.8. The molecule has 0 bridgehead atoms. The summed E-state index contributed by atoms with van der Waals surface area (Å²) in [7, 11) is -2.89. The van der Waals surface area contributed by atoms with Crippen LogP contribution in [0.15, 0.2) is 0 Å². The molecule has 0 aromatic rings. The summed E-state index contributed by atoms with van der Waals surface area (Å²) >= 11 is 0. The van der Waals surface area contributed by atoms with E-state index in [1.54, 1.807) is 6.92 Å². The van der Waals surface area contributed by atoms with Gasteiger partial charge in [-0.25, -0.2) is 8.42 Å². The van der Waals surface area contributed by atoms with Crippen LogP contribution in [0, 0.1) is 0 Å². The van der Waals surface area contributed by atoms with Crippen molar-refractivity contribution in [3.8, 4) is 0 Å². The Hall–Kier alpha value is -0.660. The Kier molecular flexibility index (Phi) is 5.55. The third-order valence-corrected chi connectivity index (χ3v) is 4.92. The third kappa shape index (κ3) is 4.55. The molecule has 2 atom stereocenters. The van der Waals surface area contributed by atoms with Crippen LogP contribution in [0.4, 0.5) is 0 Å². The Morgan fingerprint density at radius 3 is 2.78 bits per heavy atom. The molecule has 0 aliphatic carbocycles. The van der Waals surface area contributed by atoms with Crippen LogP contribution in [0.3, 0.4) is 0 Å². The smallest absolute Gasteiger partial charge is 0.322 e. The van der Waals surface area contributed by atoms with Gasteiger partial charge in [0.1, 0.15) is 6.04 Å². The maximum absolute atomic E-state index is 11.4. The number of nitrogens with zero attached hydrogens (tertiary/aromatic N) is 1. The number of ether oxygens (including phenoxy) is 1. The van der Waals surface area contributed by atoms with Crippen LogP contribution in [0.5, 0.6) is 0 Å². The average Bonchev–Trinajstić information content (AvgIpc) is 2.26. The number of carbonyl (C=O) groups is 1. The Morgan fingerprint density at radius 2 is 2.22 bits per heavy atom. The molecule has 1 fully saturated rings. The SMILES string of the molecule is CCOC(=O)C(N)CCN1CCS(=O)(=O)CC1C. The van der Waals surface area contributed by atoms with E-state index in [4.69, 9.17) is 10.5 Å². The fourth-order valence-corrected chi connectivity index (χ4v) is 3.66. The summed E-state index contributed by atoms with van der Waals surface area (Å²) in [5, 5.41) is 0. The summed E-state index contributed by atoms with van der Waals surface area (Å²) in [6.07, 6.45) is 0.489. The molecule has 0 radical (unpaired) electrons. The Bertz CT molecular complexity index is 383. The minimum absolute atomic E-state index is 0.0156. The van der Waals surface area contributed by atoms with Gasteiger partial charge in [0.2, 0.25) is 0 Å². The topological polar surface area (TPSA) is 89.7 Å². The van der Waals surface area contributed by atoms with Gasteiger partial charge in [0.05, 0.1) is 18.1 Å². The second-order valence-electron chi connectivity index (χ2n) is 4.65. The van der Waals surface area contributed by atoms with E-state index in [-0.39, 0.29) is 17.5 Å². The Balaban J connectivity index is 2.38. The van der Waals surface area contributed by atoms with Crippen molar-refractivity contribution in [1.82, 2.24) is 4.90 Å². The number of esters is 1. The van der Waals surface area contributed by atoms with E-state index in [0.717, 1.165) is 0 Å². The molecular formula is C11H22N2O4S. The van der Waals surface area contributed by atoms with Crippen LogP contribution in [-0.2, 0) is 19.4 Å². The number of hydrogen-bond donors (Lipinski definition) is 1. The molecule has 2 unspecified atom stereocenters. The molecule has 18 heavy (non-hydrogen) atoms. The second kappa shape index (κ2) is 6.49. The van der Waals surface area contributed by atoms with E-state index in [0.29, 0.717) is 26.1 Å². The van der Waals surface area contributed by atoms with Gasteiger partial charge in [-0.05, 0) is 20.3 Å². The summed E-state index contributed by atoms with van der Waals surface area (Å²) in [6.45, 7) is 5.08. The van der Waals surface area contributed by atoms with Crippen LogP contribution in [0.25, 0.3) is 0 Å². The second-order valence-corrected chi connectivity index (χ2v) is 6.88. The lowest BCUT2D eigenvalue weighted by Crippen LogP contribution is -2.48. The molecular weight excluding hydrogens is 256 g/mol. The van der Waals surface area contributed by atoms with Crippen molar-refractivity contribution in [2.75, 3.05) is 31.2 Å². The van der Waals surface area contributed by atoms with Crippen molar-refractivity contribution in [2.45, 2.75) is 32.4 Å². The Labute approximate surface area is 108 Å². The third-order valence-electron chi connectivity index (χ3n) is 3.12. The van der Waals surface area contributed by atoms with Crippen molar-refractivity contribution in [2.24, 2.45) is 5.73 Å². The summed E-state index contributed by atoms with van der Waals surface area (Å²) in [4.78, 5) is 13.4. The zero-order valence-electron chi connectivity index (χ0n) is 11.0. The minimum atomic E-state index is -2.89. The first kappa shape index (κ1) is 15.4. The summed E-state index contributed by atoms with van der Waals surface area (Å²) in [5.41, 5.74) is 5.70. The lowest BCUT2D eigenvalue weighted by atomic mass is 10.2. The van der Waals surface area contributed by atoms with Gasteiger partial charge in [0, 0.05) is 19.1 Å². The van der Waals surface area contributed by atoms with Crippen LogP contribution in [0.2, 0.25) is 0 Å². The lowest BCUT2D eigenvalue weighted by Gasteiger charge is -2.33. The van der Waals surface area contributed by atoms with Crippen LogP contribution >= 0.6 is 0 Å². The lowest BCUT2D eigenvalue weighted by molar-refractivity contribution is -0.144. The summed E-state index contributed by atoms with van der Waals surface area (Å²) < 4.78 is 27.7. The highest BCUT2D eigenvalue weighted by Gasteiger charge is 2.28. The monoisotopic (exact) mass is 278 g/mol. The molecule has 1 aliphatic heterocycles. The van der Waals surface area contributed by atoms with Crippen molar-refractivity contribution in [3.05, 3.63) is 0 Å². The molecule has 1 saturated heterocycles. The molecule has 0 spiro atoms. The quantitative estimate of drug-likeness (QED) is 0.675. The standard InChI is InChI=1S/C11H22N2O4S/c1-3-17-11(14)10(12)4-5-13-6-7-18(15,16)8-9(13)2/h9-10H,3-8,12H2,1-2H3. The van der Waals surface area contributed by atoms with E-state index in [1.807, 2.05) is 6.92 Å². The van der Waals surface area contributed by atoms with Crippen LogP contribution < -0.4 is 5.73 Å². The van der Waals surface area contributed by atoms with Gasteiger partial charge < -0.3 is 10.5 Å². The first-order valence-corrected chi connectivity index (χ1v) is 8.04.